The van der Waals surface area contributed by atoms with E-state index in [4.69, 9.17) is 9.47 Å². The third kappa shape index (κ3) is 4.45. The van der Waals surface area contributed by atoms with Gasteiger partial charge in [0.25, 0.3) is 11.1 Å². The minimum atomic E-state index is -1.57. The van der Waals surface area contributed by atoms with Gasteiger partial charge in [-0.05, 0) is 6.92 Å². The second-order valence-corrected chi connectivity index (χ2v) is 10.4. The number of amides is 1. The lowest BCUT2D eigenvalue weighted by Gasteiger charge is -2.32. The van der Waals surface area contributed by atoms with Crippen LogP contribution in [0.5, 0.6) is 0 Å². The third-order valence-electron chi connectivity index (χ3n) is 6.82. The summed E-state index contributed by atoms with van der Waals surface area (Å²) >= 11 is 1.09. The van der Waals surface area contributed by atoms with Gasteiger partial charge in [-0.25, -0.2) is 9.59 Å². The molecule has 9 atom stereocenters. The standard InChI is InChI=1S/C21H25N5O11S/c1-7-4-26(21(35)23-16(7)33)18-13(31)11(29)8(36-18)5-25-10(28)6-38-19(25)15-12(30)14(32)17(37-15)24-3-2-9(27)22-20(24)34/h2-4,8,11-15,17-19,29-32H,5-6H2,1H3,(H,22,27,34)(H,23,33,35)/t8-,11-,12+,13-,14-,15+,17-,18-,19+/m1/s1. The molecule has 5 rings (SSSR count). The average Bonchev–Trinajstić information content (AvgIpc) is 3.46. The number of H-pyrrole nitrogens is 2. The van der Waals surface area contributed by atoms with E-state index in [-0.39, 0.29) is 17.9 Å². The molecular weight excluding hydrogens is 530 g/mol. The van der Waals surface area contributed by atoms with E-state index >= 15 is 0 Å². The smallest absolute Gasteiger partial charge is 0.330 e. The first-order valence-corrected chi connectivity index (χ1v) is 12.6. The molecule has 0 aliphatic carbocycles. The predicted octanol–water partition coefficient (Wildman–Crippen LogP) is -4.46. The maximum Gasteiger partial charge on any atom is 0.330 e. The molecule has 0 spiro atoms. The lowest BCUT2D eigenvalue weighted by Crippen LogP contribution is -2.50. The van der Waals surface area contributed by atoms with Gasteiger partial charge < -0.3 is 34.8 Å². The van der Waals surface area contributed by atoms with E-state index in [1.54, 1.807) is 0 Å². The molecule has 2 aromatic rings. The molecule has 38 heavy (non-hydrogen) atoms. The molecular formula is C21H25N5O11S. The third-order valence-corrected chi connectivity index (χ3v) is 8.10. The van der Waals surface area contributed by atoms with Crippen molar-refractivity contribution in [2.45, 2.75) is 61.4 Å². The molecule has 0 unspecified atom stereocenters. The molecule has 0 saturated carbocycles. The second-order valence-electron chi connectivity index (χ2n) is 9.26. The molecule has 3 saturated heterocycles. The zero-order valence-corrected chi connectivity index (χ0v) is 20.6. The van der Waals surface area contributed by atoms with Gasteiger partial charge in [-0.15, -0.1) is 11.8 Å². The Bertz CT molecular complexity index is 1470. The summed E-state index contributed by atoms with van der Waals surface area (Å²) in [6, 6.07) is 1.05. The van der Waals surface area contributed by atoms with Crippen LogP contribution in [-0.4, -0.2) is 105 Å². The number of aromatic nitrogens is 4. The molecule has 206 valence electrons. The predicted molar refractivity (Wildman–Crippen MR) is 127 cm³/mol. The van der Waals surface area contributed by atoms with Crippen molar-refractivity contribution in [1.82, 2.24) is 24.0 Å². The first-order valence-electron chi connectivity index (χ1n) is 11.6. The van der Waals surface area contributed by atoms with E-state index in [9.17, 15) is 44.4 Å². The van der Waals surface area contributed by atoms with Crippen LogP contribution in [-0.2, 0) is 14.3 Å². The molecule has 6 N–H and O–H groups in total. The number of hydrogen-bond donors (Lipinski definition) is 6. The average molecular weight is 556 g/mol. The SMILES string of the molecule is Cc1cn([C@@H]2O[C@H](CN3C(=O)CS[C@H]3[C@H]3O[C@@H](n4ccc(=O)[nH]c4=O)[C@H](O)[C@@H]3O)[C@@H](O)[C@H]2O)c(=O)[nH]c1=O. The Morgan fingerprint density at radius 1 is 0.921 bits per heavy atom. The number of nitrogens with one attached hydrogen (secondary N) is 2. The first-order chi connectivity index (χ1) is 18.0. The van der Waals surface area contributed by atoms with Crippen LogP contribution in [0.4, 0.5) is 0 Å². The number of aryl methyl sites for hydroxylation is 1. The maximum atomic E-state index is 12.8. The zero-order chi connectivity index (χ0) is 27.5. The Morgan fingerprint density at radius 3 is 2.29 bits per heavy atom. The molecule has 1 amide bonds. The molecule has 3 fully saturated rings. The fourth-order valence-corrected chi connectivity index (χ4v) is 6.08. The van der Waals surface area contributed by atoms with Crippen LogP contribution in [0, 0.1) is 6.92 Å². The van der Waals surface area contributed by atoms with Crippen LogP contribution in [0.25, 0.3) is 0 Å². The van der Waals surface area contributed by atoms with Crippen molar-refractivity contribution in [2.75, 3.05) is 12.3 Å². The Balaban J connectivity index is 1.36. The molecule has 16 nitrogen and oxygen atoms in total. The van der Waals surface area contributed by atoms with E-state index in [1.807, 2.05) is 4.98 Å². The molecule has 0 radical (unpaired) electrons. The number of rotatable bonds is 5. The molecule has 5 heterocycles. The number of aliphatic hydroxyl groups excluding tert-OH is 4. The number of aliphatic hydroxyl groups is 4. The number of ether oxygens (including phenoxy) is 2. The summed E-state index contributed by atoms with van der Waals surface area (Å²) in [6.45, 7) is 1.18. The van der Waals surface area contributed by atoms with Crippen LogP contribution in [0.2, 0.25) is 0 Å². The highest BCUT2D eigenvalue weighted by Crippen LogP contribution is 2.39. The van der Waals surface area contributed by atoms with Crippen LogP contribution in [0.3, 0.4) is 0 Å². The molecule has 3 aliphatic rings. The highest BCUT2D eigenvalue weighted by Gasteiger charge is 2.53. The fraction of sp³-hybridized carbons (Fsp3) is 0.571. The number of aromatic amines is 2. The molecule has 3 aliphatic heterocycles. The largest absolute Gasteiger partial charge is 0.387 e. The summed E-state index contributed by atoms with van der Waals surface area (Å²) < 4.78 is 13.4. The topological polar surface area (TPSA) is 229 Å². The van der Waals surface area contributed by atoms with Gasteiger partial charge in [-0.2, -0.15) is 0 Å². The Hall–Kier alpha value is -3.06. The normalized spacial score (nSPS) is 35.3. The van der Waals surface area contributed by atoms with Crippen LogP contribution in [0.15, 0.2) is 37.6 Å². The quantitative estimate of drug-likeness (QED) is 0.205. The number of carbonyl (C=O) groups is 1. The summed E-state index contributed by atoms with van der Waals surface area (Å²) in [5.41, 5.74) is -2.82. The summed E-state index contributed by atoms with van der Waals surface area (Å²) in [5.74, 6) is -0.426. The Labute approximate surface area is 216 Å². The van der Waals surface area contributed by atoms with Crippen LogP contribution < -0.4 is 22.5 Å². The highest BCUT2D eigenvalue weighted by atomic mass is 32.2. The molecule has 0 aromatic carbocycles. The second kappa shape index (κ2) is 9.92. The van der Waals surface area contributed by atoms with E-state index in [0.29, 0.717) is 0 Å². The van der Waals surface area contributed by atoms with Crippen molar-refractivity contribution in [3.05, 3.63) is 65.7 Å². The lowest BCUT2D eigenvalue weighted by molar-refractivity contribution is -0.135. The fourth-order valence-electron chi connectivity index (χ4n) is 4.81. The van der Waals surface area contributed by atoms with Gasteiger partial charge in [-0.1, -0.05) is 0 Å². The number of carbonyl (C=O) groups excluding carboxylic acids is 1. The van der Waals surface area contributed by atoms with E-state index in [2.05, 4.69) is 4.98 Å². The molecule has 2 aromatic heterocycles. The van der Waals surface area contributed by atoms with Gasteiger partial charge in [0.05, 0.1) is 12.3 Å². The monoisotopic (exact) mass is 555 g/mol. The highest BCUT2D eigenvalue weighted by molar-refractivity contribution is 8.01. The summed E-state index contributed by atoms with van der Waals surface area (Å²) in [7, 11) is 0. The van der Waals surface area contributed by atoms with Gasteiger partial charge in [0.1, 0.15) is 42.0 Å². The molecule has 0 bridgehead atoms. The summed E-state index contributed by atoms with van der Waals surface area (Å²) in [4.78, 5) is 65.7. The van der Waals surface area contributed by atoms with E-state index in [0.717, 1.165) is 33.2 Å². The maximum absolute atomic E-state index is 12.8. The van der Waals surface area contributed by atoms with Crippen molar-refractivity contribution < 1.29 is 34.7 Å². The van der Waals surface area contributed by atoms with E-state index in [1.165, 1.54) is 18.0 Å². The van der Waals surface area contributed by atoms with Gasteiger partial charge in [0, 0.05) is 24.0 Å². The van der Waals surface area contributed by atoms with Gasteiger partial charge in [0.2, 0.25) is 5.91 Å². The lowest BCUT2D eigenvalue weighted by atomic mass is 10.1. The minimum absolute atomic E-state index is 0.0238. The first kappa shape index (κ1) is 26.5. The van der Waals surface area contributed by atoms with E-state index < -0.39 is 82.9 Å². The van der Waals surface area contributed by atoms with Crippen LogP contribution in [0.1, 0.15) is 18.0 Å². The van der Waals surface area contributed by atoms with Gasteiger partial charge >= 0.3 is 11.4 Å². The summed E-state index contributed by atoms with van der Waals surface area (Å²) in [5, 5.41) is 41.7. The Morgan fingerprint density at radius 2 is 1.58 bits per heavy atom. The molecule has 17 heteroatoms. The number of nitrogens with zero attached hydrogens (tertiary/aromatic N) is 3. The van der Waals surface area contributed by atoms with Crippen LogP contribution >= 0.6 is 11.8 Å². The van der Waals surface area contributed by atoms with Crippen molar-refractivity contribution in [3.8, 4) is 0 Å². The van der Waals surface area contributed by atoms with Crippen molar-refractivity contribution >= 4 is 17.7 Å². The van der Waals surface area contributed by atoms with Gasteiger partial charge in [0.15, 0.2) is 12.5 Å². The zero-order valence-electron chi connectivity index (χ0n) is 19.7. The number of thioether (sulfide) groups is 1. The van der Waals surface area contributed by atoms with Crippen molar-refractivity contribution in [2.24, 2.45) is 0 Å². The number of hydrogen-bond acceptors (Lipinski definition) is 12. The summed E-state index contributed by atoms with van der Waals surface area (Å²) in [6.07, 6.45) is -8.94. The van der Waals surface area contributed by atoms with Crippen molar-refractivity contribution in [1.29, 1.82) is 0 Å². The van der Waals surface area contributed by atoms with Crippen molar-refractivity contribution in [3.63, 3.8) is 0 Å². The Kier molecular flexibility index (Phi) is 6.93. The van der Waals surface area contributed by atoms with Gasteiger partial charge in [-0.3, -0.25) is 33.5 Å². The minimum Gasteiger partial charge on any atom is -0.387 e.